The molecule has 2 rings (SSSR count). The van der Waals surface area contributed by atoms with Crippen LogP contribution in [0.25, 0.3) is 0 Å². The van der Waals surface area contributed by atoms with Crippen LogP contribution in [0.15, 0.2) is 18.2 Å². The van der Waals surface area contributed by atoms with Gasteiger partial charge in [0.2, 0.25) is 0 Å². The van der Waals surface area contributed by atoms with Gasteiger partial charge in [0.1, 0.15) is 5.75 Å². The van der Waals surface area contributed by atoms with Gasteiger partial charge < -0.3 is 22.6 Å². The number of halogens is 3. The van der Waals surface area contributed by atoms with Crippen molar-refractivity contribution in [3.63, 3.8) is 0 Å². The van der Waals surface area contributed by atoms with Gasteiger partial charge in [-0.2, -0.15) is 0 Å². The summed E-state index contributed by atoms with van der Waals surface area (Å²) in [7, 11) is 1.36. The van der Waals surface area contributed by atoms with Crippen LogP contribution in [-0.4, -0.2) is 32.2 Å². The number of hydrogen-bond acceptors (Lipinski definition) is 3. The minimum absolute atomic E-state index is 0.0231. The Labute approximate surface area is 100 Å². The summed E-state index contributed by atoms with van der Waals surface area (Å²) >= 11 is 0. The molecule has 1 amide bonds. The van der Waals surface area contributed by atoms with Crippen molar-refractivity contribution < 1.29 is 27.3 Å². The lowest BCUT2D eigenvalue weighted by Gasteiger charge is -2.23. The molecule has 0 N–H and O–H groups in total. The van der Waals surface area contributed by atoms with E-state index in [4.69, 9.17) is 4.74 Å². The standard InChI is InChI=1S/C10H8BF3NO3/c1-18-6-2-3-8-7(4-6)9(16)10(17)15(8)5-11(12,13)14/h2-4H,5H2,1H3/q-1. The molecule has 0 saturated carbocycles. The first-order valence-corrected chi connectivity index (χ1v) is 5.08. The topological polar surface area (TPSA) is 46.6 Å². The Morgan fingerprint density at radius 2 is 1.94 bits per heavy atom. The van der Waals surface area contributed by atoms with E-state index in [2.05, 4.69) is 0 Å². The van der Waals surface area contributed by atoms with E-state index in [9.17, 15) is 22.5 Å². The van der Waals surface area contributed by atoms with Gasteiger partial charge >= 0.3 is 6.98 Å². The molecule has 0 radical (unpaired) electrons. The van der Waals surface area contributed by atoms with Crippen molar-refractivity contribution in [3.8, 4) is 5.75 Å². The van der Waals surface area contributed by atoms with E-state index in [1.54, 1.807) is 0 Å². The van der Waals surface area contributed by atoms with Gasteiger partial charge in [-0.15, -0.1) is 0 Å². The van der Waals surface area contributed by atoms with Gasteiger partial charge in [0, 0.05) is 0 Å². The maximum Gasteiger partial charge on any atom is 0.497 e. The summed E-state index contributed by atoms with van der Waals surface area (Å²) in [5, 5.41) is 0. The van der Waals surface area contributed by atoms with E-state index in [1.807, 2.05) is 0 Å². The van der Waals surface area contributed by atoms with E-state index in [-0.39, 0.29) is 11.3 Å². The average Bonchev–Trinajstić information content (AvgIpc) is 2.52. The maximum absolute atomic E-state index is 12.4. The van der Waals surface area contributed by atoms with Gasteiger partial charge in [-0.3, -0.25) is 9.59 Å². The maximum atomic E-state index is 12.4. The third-order valence-corrected chi connectivity index (χ3v) is 2.57. The van der Waals surface area contributed by atoms with E-state index >= 15 is 0 Å². The van der Waals surface area contributed by atoms with Gasteiger partial charge in [0.05, 0.1) is 18.4 Å². The Kier molecular flexibility index (Phi) is 2.80. The molecule has 0 aromatic heterocycles. The smallest absolute Gasteiger partial charge is 0.497 e. The summed E-state index contributed by atoms with van der Waals surface area (Å²) < 4.78 is 42.0. The van der Waals surface area contributed by atoms with Crippen molar-refractivity contribution in [2.45, 2.75) is 0 Å². The number of anilines is 1. The quantitative estimate of drug-likeness (QED) is 0.611. The average molecular weight is 258 g/mol. The van der Waals surface area contributed by atoms with Gasteiger partial charge in [-0.25, -0.2) is 0 Å². The Morgan fingerprint density at radius 3 is 2.50 bits per heavy atom. The fourth-order valence-electron chi connectivity index (χ4n) is 1.79. The van der Waals surface area contributed by atoms with Crippen molar-refractivity contribution in [1.82, 2.24) is 0 Å². The lowest BCUT2D eigenvalue weighted by atomic mass is 9.91. The monoisotopic (exact) mass is 258 g/mol. The van der Waals surface area contributed by atoms with E-state index < -0.39 is 25.1 Å². The Morgan fingerprint density at radius 1 is 1.28 bits per heavy atom. The highest BCUT2D eigenvalue weighted by Gasteiger charge is 2.40. The van der Waals surface area contributed by atoms with Gasteiger partial charge in [0.15, 0.2) is 0 Å². The predicted octanol–water partition coefficient (Wildman–Crippen LogP) is 1.61. The molecule has 1 heterocycles. The molecule has 1 aromatic rings. The van der Waals surface area contributed by atoms with Crippen LogP contribution in [0.1, 0.15) is 10.4 Å². The summed E-state index contributed by atoms with van der Waals surface area (Å²) in [5.41, 5.74) is -0.0793. The minimum atomic E-state index is -5.19. The lowest BCUT2D eigenvalue weighted by Crippen LogP contribution is -2.41. The third kappa shape index (κ3) is 2.05. The molecule has 18 heavy (non-hydrogen) atoms. The molecular formula is C10H8BF3NO3-. The molecule has 0 aliphatic carbocycles. The second kappa shape index (κ2) is 4.04. The van der Waals surface area contributed by atoms with Crippen LogP contribution >= 0.6 is 0 Å². The molecule has 0 saturated heterocycles. The summed E-state index contributed by atoms with van der Waals surface area (Å²) in [6.07, 6.45) is -1.41. The number of carbonyl (C=O) groups is 2. The van der Waals surface area contributed by atoms with E-state index in [1.165, 1.54) is 25.3 Å². The largest absolute Gasteiger partial charge is 0.497 e. The number of Topliss-reactive ketones (excluding diaryl/α,β-unsaturated/α-hetero) is 1. The van der Waals surface area contributed by atoms with Crippen LogP contribution in [0, 0.1) is 0 Å². The zero-order valence-corrected chi connectivity index (χ0v) is 9.32. The van der Waals surface area contributed by atoms with Crippen molar-refractivity contribution >= 4 is 24.4 Å². The highest BCUT2D eigenvalue weighted by atomic mass is 19.4. The minimum Gasteiger partial charge on any atom is -0.497 e. The summed E-state index contributed by atoms with van der Waals surface area (Å²) in [6, 6.07) is 3.94. The fraction of sp³-hybridized carbons (Fsp3) is 0.200. The van der Waals surface area contributed by atoms with Gasteiger partial charge in [-0.1, -0.05) is 0 Å². The second-order valence-corrected chi connectivity index (χ2v) is 3.84. The number of rotatable bonds is 3. The summed E-state index contributed by atoms with van der Waals surface area (Å²) in [5.74, 6) is -1.78. The van der Waals surface area contributed by atoms with Crippen LogP contribution in [-0.2, 0) is 4.79 Å². The van der Waals surface area contributed by atoms with Gasteiger partial charge in [0.25, 0.3) is 11.7 Å². The van der Waals surface area contributed by atoms with E-state index in [0.29, 0.717) is 10.6 Å². The zero-order valence-electron chi connectivity index (χ0n) is 9.32. The summed E-state index contributed by atoms with van der Waals surface area (Å²) in [6.45, 7) is -5.19. The normalized spacial score (nSPS) is 15.0. The molecule has 0 spiro atoms. The second-order valence-electron chi connectivity index (χ2n) is 3.84. The SMILES string of the molecule is COc1ccc2c(c1)C(=O)C(=O)N2C[B-](F)(F)F. The number of carbonyl (C=O) groups excluding carboxylic acids is 2. The Hall–Kier alpha value is -1.99. The fourth-order valence-corrected chi connectivity index (χ4v) is 1.79. The first-order valence-electron chi connectivity index (χ1n) is 5.08. The zero-order chi connectivity index (χ0) is 13.5. The van der Waals surface area contributed by atoms with Crippen LogP contribution in [0.4, 0.5) is 18.6 Å². The van der Waals surface area contributed by atoms with E-state index in [0.717, 1.165) is 0 Å². The molecule has 0 atom stereocenters. The number of hydrogen-bond donors (Lipinski definition) is 0. The van der Waals surface area contributed by atoms with Crippen LogP contribution < -0.4 is 9.64 Å². The molecule has 8 heteroatoms. The first-order chi connectivity index (χ1) is 8.33. The van der Waals surface area contributed by atoms with Crippen molar-refractivity contribution in [3.05, 3.63) is 23.8 Å². The molecule has 1 aliphatic rings. The highest BCUT2D eigenvalue weighted by Crippen LogP contribution is 2.33. The number of methoxy groups -OCH3 is 1. The lowest BCUT2D eigenvalue weighted by molar-refractivity contribution is -0.114. The Balaban J connectivity index is 2.43. The van der Waals surface area contributed by atoms with Crippen LogP contribution in [0.2, 0.25) is 0 Å². The Bertz CT molecular complexity index is 530. The number of ether oxygens (including phenoxy) is 1. The molecule has 1 aromatic carbocycles. The number of benzene rings is 1. The van der Waals surface area contributed by atoms with Crippen molar-refractivity contribution in [2.24, 2.45) is 0 Å². The molecule has 96 valence electrons. The number of ketones is 1. The van der Waals surface area contributed by atoms with Crippen LogP contribution in [0.3, 0.4) is 0 Å². The number of fused-ring (bicyclic) bond motifs is 1. The molecular weight excluding hydrogens is 250 g/mol. The highest BCUT2D eigenvalue weighted by molar-refractivity contribution is 6.62. The molecule has 4 nitrogen and oxygen atoms in total. The molecule has 1 aliphatic heterocycles. The first kappa shape index (κ1) is 12.5. The number of nitrogens with zero attached hydrogens (tertiary/aromatic N) is 1. The van der Waals surface area contributed by atoms with Crippen molar-refractivity contribution in [2.75, 3.05) is 18.5 Å². The molecule has 0 unspecified atom stereocenters. The van der Waals surface area contributed by atoms with Crippen LogP contribution in [0.5, 0.6) is 5.75 Å². The summed E-state index contributed by atoms with van der Waals surface area (Å²) in [4.78, 5) is 23.5. The predicted molar refractivity (Wildman–Crippen MR) is 58.8 cm³/mol. The molecule has 0 bridgehead atoms. The number of amides is 1. The third-order valence-electron chi connectivity index (χ3n) is 2.57. The molecule has 0 fully saturated rings. The van der Waals surface area contributed by atoms with Crippen molar-refractivity contribution in [1.29, 1.82) is 0 Å². The van der Waals surface area contributed by atoms with Gasteiger partial charge in [-0.05, 0) is 24.6 Å².